The van der Waals surface area contributed by atoms with Crippen LogP contribution in [-0.4, -0.2) is 20.9 Å². The van der Waals surface area contributed by atoms with Crippen molar-refractivity contribution in [3.8, 4) is 6.07 Å². The number of amides is 1. The number of nitrogens with zero attached hydrogens (tertiary/aromatic N) is 1. The van der Waals surface area contributed by atoms with E-state index in [1.165, 1.54) is 24.3 Å². The molecule has 6 nitrogen and oxygen atoms in total. The van der Waals surface area contributed by atoms with Crippen LogP contribution in [0.3, 0.4) is 0 Å². The quantitative estimate of drug-likeness (QED) is 0.526. The lowest BCUT2D eigenvalue weighted by Gasteiger charge is -2.14. The Morgan fingerprint density at radius 2 is 1.83 bits per heavy atom. The van der Waals surface area contributed by atoms with Crippen LogP contribution >= 0.6 is 0 Å². The lowest BCUT2D eigenvalue weighted by Crippen LogP contribution is -2.21. The van der Waals surface area contributed by atoms with Gasteiger partial charge >= 0.3 is 6.18 Å². The van der Waals surface area contributed by atoms with Crippen molar-refractivity contribution in [1.82, 2.24) is 5.32 Å². The molecule has 1 amide bonds. The summed E-state index contributed by atoms with van der Waals surface area (Å²) in [4.78, 5) is 11.7. The van der Waals surface area contributed by atoms with Gasteiger partial charge in [0.1, 0.15) is 0 Å². The van der Waals surface area contributed by atoms with Crippen molar-refractivity contribution in [1.29, 1.82) is 5.26 Å². The molecule has 2 aromatic carbocycles. The number of hydrogen-bond donors (Lipinski definition) is 2. The zero-order valence-corrected chi connectivity index (χ0v) is 15.7. The van der Waals surface area contributed by atoms with Gasteiger partial charge in [-0.3, -0.25) is 9.52 Å². The van der Waals surface area contributed by atoms with E-state index in [9.17, 15) is 26.4 Å². The van der Waals surface area contributed by atoms with Crippen molar-refractivity contribution in [2.45, 2.75) is 17.5 Å². The molecule has 2 rings (SSSR count). The molecule has 0 aromatic heterocycles. The monoisotopic (exact) mass is 423 g/mol. The number of anilines is 1. The minimum absolute atomic E-state index is 0.0657. The van der Waals surface area contributed by atoms with E-state index >= 15 is 0 Å². The molecule has 0 aliphatic heterocycles. The lowest BCUT2D eigenvalue weighted by molar-refractivity contribution is -0.137. The average molecular weight is 423 g/mol. The van der Waals surface area contributed by atoms with Crippen molar-refractivity contribution >= 4 is 27.7 Å². The Kier molecular flexibility index (Phi) is 7.01. The highest BCUT2D eigenvalue weighted by atomic mass is 32.2. The van der Waals surface area contributed by atoms with Gasteiger partial charge in [-0.2, -0.15) is 18.4 Å². The van der Waals surface area contributed by atoms with Gasteiger partial charge in [0.2, 0.25) is 5.91 Å². The Balaban J connectivity index is 2.36. The van der Waals surface area contributed by atoms with Gasteiger partial charge < -0.3 is 5.32 Å². The minimum atomic E-state index is -4.64. The maximum absolute atomic E-state index is 13.0. The highest BCUT2D eigenvalue weighted by Gasteiger charge is 2.31. The molecule has 29 heavy (non-hydrogen) atoms. The summed E-state index contributed by atoms with van der Waals surface area (Å²) in [5.41, 5.74) is -1.26. The summed E-state index contributed by atoms with van der Waals surface area (Å²) in [5, 5.41) is 10.8. The summed E-state index contributed by atoms with van der Waals surface area (Å²) in [5.74, 6) is -0.630. The summed E-state index contributed by atoms with van der Waals surface area (Å²) >= 11 is 0. The molecular formula is C19H16F3N3O3S. The third-order valence-electron chi connectivity index (χ3n) is 3.63. The number of sulfonamides is 1. The first-order valence-corrected chi connectivity index (χ1v) is 9.74. The fourth-order valence-electron chi connectivity index (χ4n) is 2.24. The Bertz CT molecular complexity index is 1040. The van der Waals surface area contributed by atoms with E-state index in [0.29, 0.717) is 0 Å². The second-order valence-electron chi connectivity index (χ2n) is 5.75. The summed E-state index contributed by atoms with van der Waals surface area (Å²) in [6, 6.07) is 11.6. The molecule has 2 aromatic rings. The molecule has 152 valence electrons. The molecule has 0 bridgehead atoms. The Morgan fingerprint density at radius 1 is 1.14 bits per heavy atom. The molecule has 10 heteroatoms. The SMILES string of the molecule is N#CCCNC(=O)C=Cc1cc(C(F)(F)F)ccc1NS(=O)(=O)c1ccccc1. The van der Waals surface area contributed by atoms with E-state index in [0.717, 1.165) is 30.4 Å². The Hall–Kier alpha value is -3.32. The zero-order valence-electron chi connectivity index (χ0n) is 14.9. The summed E-state index contributed by atoms with van der Waals surface area (Å²) in [6.07, 6.45) is -2.54. The van der Waals surface area contributed by atoms with E-state index in [-0.39, 0.29) is 29.1 Å². The fraction of sp³-hybridized carbons (Fsp3) is 0.158. The van der Waals surface area contributed by atoms with Crippen molar-refractivity contribution in [3.05, 3.63) is 65.7 Å². The minimum Gasteiger partial charge on any atom is -0.352 e. The predicted molar refractivity (Wildman–Crippen MR) is 101 cm³/mol. The number of carbonyl (C=O) groups is 1. The predicted octanol–water partition coefficient (Wildman–Crippen LogP) is 3.55. The van der Waals surface area contributed by atoms with E-state index in [1.807, 2.05) is 6.07 Å². The first kappa shape index (κ1) is 22.0. The van der Waals surface area contributed by atoms with Gasteiger partial charge in [-0.25, -0.2) is 8.42 Å². The highest BCUT2D eigenvalue weighted by molar-refractivity contribution is 7.92. The van der Waals surface area contributed by atoms with Crippen LogP contribution in [0.25, 0.3) is 6.08 Å². The van der Waals surface area contributed by atoms with Crippen LogP contribution in [-0.2, 0) is 21.0 Å². The molecule has 0 unspecified atom stereocenters. The van der Waals surface area contributed by atoms with Crippen LogP contribution < -0.4 is 10.0 Å². The fourth-order valence-corrected chi connectivity index (χ4v) is 3.35. The molecule has 0 aliphatic rings. The number of rotatable bonds is 7. The van der Waals surface area contributed by atoms with Crippen LogP contribution in [0.4, 0.5) is 18.9 Å². The van der Waals surface area contributed by atoms with Crippen LogP contribution in [0.15, 0.2) is 59.5 Å². The zero-order chi connectivity index (χ0) is 21.5. The van der Waals surface area contributed by atoms with Gasteiger partial charge in [-0.1, -0.05) is 18.2 Å². The van der Waals surface area contributed by atoms with Gasteiger partial charge in [-0.15, -0.1) is 0 Å². The highest BCUT2D eigenvalue weighted by Crippen LogP contribution is 2.33. The molecular weight excluding hydrogens is 407 g/mol. The maximum atomic E-state index is 13.0. The number of carbonyl (C=O) groups excluding carboxylic acids is 1. The van der Waals surface area contributed by atoms with Gasteiger partial charge in [0, 0.05) is 12.6 Å². The van der Waals surface area contributed by atoms with E-state index in [1.54, 1.807) is 6.07 Å². The van der Waals surface area contributed by atoms with E-state index in [2.05, 4.69) is 10.0 Å². The van der Waals surface area contributed by atoms with Crippen molar-refractivity contribution in [3.63, 3.8) is 0 Å². The number of nitrogens with one attached hydrogen (secondary N) is 2. The van der Waals surface area contributed by atoms with Gasteiger partial charge in [0.25, 0.3) is 10.0 Å². The van der Waals surface area contributed by atoms with Crippen molar-refractivity contribution < 1.29 is 26.4 Å². The Morgan fingerprint density at radius 3 is 2.45 bits per heavy atom. The molecule has 0 aliphatic carbocycles. The molecule has 2 N–H and O–H groups in total. The molecule has 0 saturated heterocycles. The van der Waals surface area contributed by atoms with Gasteiger partial charge in [0.05, 0.1) is 28.6 Å². The number of alkyl halides is 3. The van der Waals surface area contributed by atoms with Crippen molar-refractivity contribution in [2.75, 3.05) is 11.3 Å². The topological polar surface area (TPSA) is 99.1 Å². The lowest BCUT2D eigenvalue weighted by atomic mass is 10.1. The van der Waals surface area contributed by atoms with Gasteiger partial charge in [0.15, 0.2) is 0 Å². The van der Waals surface area contributed by atoms with Gasteiger partial charge in [-0.05, 0) is 42.0 Å². The van der Waals surface area contributed by atoms with Crippen molar-refractivity contribution in [2.24, 2.45) is 0 Å². The molecule has 0 atom stereocenters. The number of halogens is 3. The molecule has 0 heterocycles. The number of hydrogen-bond acceptors (Lipinski definition) is 4. The molecule has 0 fully saturated rings. The molecule has 0 saturated carbocycles. The first-order valence-electron chi connectivity index (χ1n) is 8.25. The first-order chi connectivity index (χ1) is 13.6. The summed E-state index contributed by atoms with van der Waals surface area (Å²) < 4.78 is 66.3. The normalized spacial score (nSPS) is 11.8. The average Bonchev–Trinajstić information content (AvgIpc) is 2.67. The largest absolute Gasteiger partial charge is 0.416 e. The number of benzene rings is 2. The van der Waals surface area contributed by atoms with Crippen LogP contribution in [0, 0.1) is 11.3 Å². The summed E-state index contributed by atoms with van der Waals surface area (Å²) in [6.45, 7) is 0.0791. The van der Waals surface area contributed by atoms with E-state index < -0.39 is 27.7 Å². The Labute approximate surface area is 165 Å². The van der Waals surface area contributed by atoms with Crippen LogP contribution in [0.5, 0.6) is 0 Å². The van der Waals surface area contributed by atoms with Crippen LogP contribution in [0.2, 0.25) is 0 Å². The molecule has 0 spiro atoms. The van der Waals surface area contributed by atoms with Crippen LogP contribution in [0.1, 0.15) is 17.5 Å². The third kappa shape index (κ3) is 6.36. The second kappa shape index (κ2) is 9.25. The second-order valence-corrected chi connectivity index (χ2v) is 7.43. The number of nitriles is 1. The standard InChI is InChI=1S/C19H16F3N3O3S/c20-19(21,22)15-8-9-17(25-29(27,28)16-5-2-1-3-6-16)14(13-15)7-10-18(26)24-12-4-11-23/h1-3,5-10,13,25H,4,12H2,(H,24,26). The smallest absolute Gasteiger partial charge is 0.352 e. The maximum Gasteiger partial charge on any atom is 0.416 e. The summed E-state index contributed by atoms with van der Waals surface area (Å²) in [7, 11) is -4.04. The van der Waals surface area contributed by atoms with E-state index in [4.69, 9.17) is 5.26 Å². The molecule has 0 radical (unpaired) electrons. The third-order valence-corrected chi connectivity index (χ3v) is 5.01.